The number of aryl methyl sites for hydroxylation is 2. The van der Waals surface area contributed by atoms with Crippen LogP contribution in [-0.2, 0) is 13.8 Å². The van der Waals surface area contributed by atoms with Gasteiger partial charge in [-0.15, -0.1) is 0 Å². The van der Waals surface area contributed by atoms with Crippen molar-refractivity contribution < 1.29 is 13.2 Å². The predicted molar refractivity (Wildman–Crippen MR) is 73.8 cm³/mol. The van der Waals surface area contributed by atoms with Gasteiger partial charge in [0.05, 0.1) is 5.75 Å². The first-order chi connectivity index (χ1) is 8.74. The SMILES string of the molecule is Cc1cc(C)nc(N2CC(CS(=O)(=O)Cl)CC2=O)c1. The molecule has 7 heteroatoms. The Labute approximate surface area is 117 Å². The van der Waals surface area contributed by atoms with Crippen LogP contribution in [0.3, 0.4) is 0 Å². The predicted octanol–water partition coefficient (Wildman–Crippen LogP) is 1.62. The van der Waals surface area contributed by atoms with Crippen molar-refractivity contribution in [3.8, 4) is 0 Å². The Bertz CT molecular complexity index is 595. The molecule has 0 radical (unpaired) electrons. The van der Waals surface area contributed by atoms with Crippen LogP contribution in [0, 0.1) is 19.8 Å². The molecule has 0 saturated carbocycles. The quantitative estimate of drug-likeness (QED) is 0.796. The van der Waals surface area contributed by atoms with Crippen LogP contribution in [0.25, 0.3) is 0 Å². The number of carbonyl (C=O) groups is 1. The highest BCUT2D eigenvalue weighted by atomic mass is 35.7. The molecule has 1 aromatic rings. The van der Waals surface area contributed by atoms with Crippen molar-refractivity contribution >= 4 is 31.5 Å². The highest BCUT2D eigenvalue weighted by molar-refractivity contribution is 8.13. The summed E-state index contributed by atoms with van der Waals surface area (Å²) in [5, 5.41) is 0. The Morgan fingerprint density at radius 1 is 1.42 bits per heavy atom. The Morgan fingerprint density at radius 3 is 2.68 bits per heavy atom. The fraction of sp³-hybridized carbons (Fsp3) is 0.500. The summed E-state index contributed by atoms with van der Waals surface area (Å²) in [7, 11) is 1.65. The normalized spacial score (nSPS) is 20.1. The molecule has 0 aromatic carbocycles. The molecule has 1 aliphatic rings. The molecule has 1 unspecified atom stereocenters. The molecule has 1 fully saturated rings. The molecular weight excluding hydrogens is 288 g/mol. The van der Waals surface area contributed by atoms with Gasteiger partial charge in [-0.25, -0.2) is 13.4 Å². The number of aromatic nitrogens is 1. The van der Waals surface area contributed by atoms with Gasteiger partial charge in [-0.05, 0) is 31.5 Å². The number of hydrogen-bond donors (Lipinski definition) is 0. The Kier molecular flexibility index (Phi) is 3.82. The van der Waals surface area contributed by atoms with Crippen LogP contribution in [-0.4, -0.2) is 31.6 Å². The molecule has 0 bridgehead atoms. The van der Waals surface area contributed by atoms with E-state index in [1.165, 1.54) is 4.90 Å². The number of amides is 1. The maximum absolute atomic E-state index is 11.9. The van der Waals surface area contributed by atoms with Crippen molar-refractivity contribution in [3.05, 3.63) is 23.4 Å². The molecule has 2 rings (SSSR count). The fourth-order valence-electron chi connectivity index (χ4n) is 2.35. The standard InChI is InChI=1S/C12H15ClN2O3S/c1-8-3-9(2)14-11(4-8)15-6-10(5-12(15)16)7-19(13,17)18/h3-4,10H,5-7H2,1-2H3. The minimum Gasteiger partial charge on any atom is -0.296 e. The van der Waals surface area contributed by atoms with Crippen LogP contribution in [0.2, 0.25) is 0 Å². The molecule has 0 spiro atoms. The number of rotatable bonds is 3. The average molecular weight is 303 g/mol. The largest absolute Gasteiger partial charge is 0.296 e. The molecule has 1 amide bonds. The Morgan fingerprint density at radius 2 is 2.11 bits per heavy atom. The van der Waals surface area contributed by atoms with Crippen LogP contribution >= 0.6 is 10.7 Å². The van der Waals surface area contributed by atoms with Gasteiger partial charge in [0.25, 0.3) is 0 Å². The van der Waals surface area contributed by atoms with Gasteiger partial charge in [-0.3, -0.25) is 9.69 Å². The van der Waals surface area contributed by atoms with E-state index in [4.69, 9.17) is 10.7 Å². The second-order valence-corrected chi connectivity index (χ2v) is 7.75. The van der Waals surface area contributed by atoms with Crippen LogP contribution < -0.4 is 4.90 Å². The molecule has 2 heterocycles. The number of pyridine rings is 1. The topological polar surface area (TPSA) is 67.3 Å². The minimum absolute atomic E-state index is 0.109. The first-order valence-electron chi connectivity index (χ1n) is 5.92. The lowest BCUT2D eigenvalue weighted by molar-refractivity contribution is -0.117. The van der Waals surface area contributed by atoms with E-state index in [9.17, 15) is 13.2 Å². The monoisotopic (exact) mass is 302 g/mol. The van der Waals surface area contributed by atoms with E-state index in [1.54, 1.807) is 0 Å². The first kappa shape index (κ1) is 14.3. The van der Waals surface area contributed by atoms with Gasteiger partial charge < -0.3 is 0 Å². The fourth-order valence-corrected chi connectivity index (χ4v) is 3.68. The summed E-state index contributed by atoms with van der Waals surface area (Å²) in [6.07, 6.45) is 0.195. The maximum Gasteiger partial charge on any atom is 0.232 e. The summed E-state index contributed by atoms with van der Waals surface area (Å²) in [5.74, 6) is 0.0270. The van der Waals surface area contributed by atoms with E-state index in [0.29, 0.717) is 12.4 Å². The highest BCUT2D eigenvalue weighted by Gasteiger charge is 2.33. The molecule has 1 atom stereocenters. The molecule has 5 nitrogen and oxygen atoms in total. The third kappa shape index (κ3) is 3.67. The zero-order chi connectivity index (χ0) is 14.2. The summed E-state index contributed by atoms with van der Waals surface area (Å²) in [6, 6.07) is 3.74. The van der Waals surface area contributed by atoms with E-state index >= 15 is 0 Å². The molecule has 0 aliphatic carbocycles. The number of carbonyl (C=O) groups excluding carboxylic acids is 1. The zero-order valence-electron chi connectivity index (χ0n) is 10.8. The lowest BCUT2D eigenvalue weighted by Crippen LogP contribution is -2.26. The van der Waals surface area contributed by atoms with E-state index in [-0.39, 0.29) is 24.0 Å². The van der Waals surface area contributed by atoms with Crippen molar-refractivity contribution in [1.29, 1.82) is 0 Å². The molecule has 1 aromatic heterocycles. The summed E-state index contributed by atoms with van der Waals surface area (Å²) in [5.41, 5.74) is 1.85. The van der Waals surface area contributed by atoms with Crippen LogP contribution in [0.4, 0.5) is 5.82 Å². The average Bonchev–Trinajstić information content (AvgIpc) is 2.54. The van der Waals surface area contributed by atoms with Crippen molar-refractivity contribution in [2.45, 2.75) is 20.3 Å². The van der Waals surface area contributed by atoms with E-state index in [1.807, 2.05) is 26.0 Å². The van der Waals surface area contributed by atoms with Crippen molar-refractivity contribution in [2.75, 3.05) is 17.2 Å². The second-order valence-electron chi connectivity index (χ2n) is 4.92. The van der Waals surface area contributed by atoms with E-state index in [0.717, 1.165) is 11.3 Å². The van der Waals surface area contributed by atoms with E-state index < -0.39 is 9.05 Å². The third-order valence-electron chi connectivity index (χ3n) is 3.00. The summed E-state index contributed by atoms with van der Waals surface area (Å²) >= 11 is 0. The molecule has 0 N–H and O–H groups in total. The number of halogens is 1. The number of nitrogens with zero attached hydrogens (tertiary/aromatic N) is 2. The van der Waals surface area contributed by atoms with Gasteiger partial charge >= 0.3 is 0 Å². The lowest BCUT2D eigenvalue weighted by atomic mass is 10.1. The van der Waals surface area contributed by atoms with Crippen molar-refractivity contribution in [2.24, 2.45) is 5.92 Å². The minimum atomic E-state index is -3.58. The molecular formula is C12H15ClN2O3S. The Hall–Kier alpha value is -1.14. The molecule has 19 heavy (non-hydrogen) atoms. The van der Waals surface area contributed by atoms with Crippen LogP contribution in [0.15, 0.2) is 12.1 Å². The van der Waals surface area contributed by atoms with E-state index in [2.05, 4.69) is 4.98 Å². The molecule has 104 valence electrons. The van der Waals surface area contributed by atoms with Crippen LogP contribution in [0.5, 0.6) is 0 Å². The van der Waals surface area contributed by atoms with Crippen molar-refractivity contribution in [3.63, 3.8) is 0 Å². The Balaban J connectivity index is 2.20. The summed E-state index contributed by atoms with van der Waals surface area (Å²) in [6.45, 7) is 4.14. The first-order valence-corrected chi connectivity index (χ1v) is 8.40. The second kappa shape index (κ2) is 5.09. The van der Waals surface area contributed by atoms with Gasteiger partial charge in [0.2, 0.25) is 15.0 Å². The smallest absolute Gasteiger partial charge is 0.232 e. The number of hydrogen-bond acceptors (Lipinski definition) is 4. The maximum atomic E-state index is 11.9. The molecule has 1 saturated heterocycles. The van der Waals surface area contributed by atoms with Gasteiger partial charge in [-0.1, -0.05) is 0 Å². The molecule has 1 aliphatic heterocycles. The van der Waals surface area contributed by atoms with Gasteiger partial charge in [-0.2, -0.15) is 0 Å². The van der Waals surface area contributed by atoms with Gasteiger partial charge in [0.1, 0.15) is 5.82 Å². The van der Waals surface area contributed by atoms with Crippen LogP contribution in [0.1, 0.15) is 17.7 Å². The summed E-state index contributed by atoms with van der Waals surface area (Å²) in [4.78, 5) is 17.8. The lowest BCUT2D eigenvalue weighted by Gasteiger charge is -2.16. The third-order valence-corrected chi connectivity index (χ3v) is 4.25. The summed E-state index contributed by atoms with van der Waals surface area (Å²) < 4.78 is 22.1. The van der Waals surface area contributed by atoms with Crippen molar-refractivity contribution in [1.82, 2.24) is 4.98 Å². The zero-order valence-corrected chi connectivity index (χ0v) is 12.3. The number of anilines is 1. The highest BCUT2D eigenvalue weighted by Crippen LogP contribution is 2.26. The van der Waals surface area contributed by atoms with Gasteiger partial charge in [0, 0.05) is 35.3 Å². The van der Waals surface area contributed by atoms with Gasteiger partial charge in [0.15, 0.2) is 0 Å².